The molecule has 3 N–H and O–H groups in total. The quantitative estimate of drug-likeness (QED) is 0.0448. The van der Waals surface area contributed by atoms with Crippen LogP contribution in [0.5, 0.6) is 0 Å². The topological polar surface area (TPSA) is 69.6 Å². The van der Waals surface area contributed by atoms with E-state index in [-0.39, 0.29) is 12.5 Å². The van der Waals surface area contributed by atoms with E-state index in [1.807, 2.05) is 6.08 Å². The first-order valence-electron chi connectivity index (χ1n) is 21.6. The molecule has 0 aromatic rings. The zero-order valence-corrected chi connectivity index (χ0v) is 32.5. The lowest BCUT2D eigenvalue weighted by Crippen LogP contribution is -2.45. The fourth-order valence-electron chi connectivity index (χ4n) is 6.58. The standard InChI is InChI=1S/C44H85NO3/c1-3-5-7-9-11-13-15-16-17-18-19-20-21-22-23-24-25-26-27-28-29-30-32-34-36-38-40-44(48)45-42(41-46)43(47)39-37-35-33-31-14-12-10-8-6-4-2/h22-23,37,39,42-43,46-47H,3-21,24-36,38,40-41H2,1-2H3,(H,45,48)/b23-22-,39-37+. The van der Waals surface area contributed by atoms with Gasteiger partial charge in [-0.2, -0.15) is 0 Å². The number of unbranched alkanes of at least 4 members (excludes halogenated alkanes) is 30. The minimum absolute atomic E-state index is 0.0660. The summed E-state index contributed by atoms with van der Waals surface area (Å²) in [7, 11) is 0. The number of carbonyl (C=O) groups is 1. The molecular formula is C44H85NO3. The molecule has 0 heterocycles. The lowest BCUT2D eigenvalue weighted by molar-refractivity contribution is -0.123. The maximum Gasteiger partial charge on any atom is 0.220 e. The molecule has 2 unspecified atom stereocenters. The van der Waals surface area contributed by atoms with E-state index in [1.165, 1.54) is 186 Å². The second kappa shape index (κ2) is 40.3. The molecule has 0 saturated heterocycles. The van der Waals surface area contributed by atoms with Crippen molar-refractivity contribution in [2.45, 2.75) is 244 Å². The number of hydrogen-bond donors (Lipinski definition) is 3. The SMILES string of the molecule is CCCCCCCCCC/C=C/C(O)C(CO)NC(=O)CCCCCCCCCCCC/C=C\CCCCCCCCCCCCCC. The number of carbonyl (C=O) groups excluding carboxylic acids is 1. The average molecular weight is 676 g/mol. The van der Waals surface area contributed by atoms with Crippen LogP contribution in [0.15, 0.2) is 24.3 Å². The summed E-state index contributed by atoms with van der Waals surface area (Å²) in [6.45, 7) is 4.30. The van der Waals surface area contributed by atoms with Crippen LogP contribution in [0.25, 0.3) is 0 Å². The van der Waals surface area contributed by atoms with Gasteiger partial charge in [-0.3, -0.25) is 4.79 Å². The number of hydrogen-bond acceptors (Lipinski definition) is 3. The van der Waals surface area contributed by atoms with Crippen LogP contribution in [0.4, 0.5) is 0 Å². The number of rotatable bonds is 39. The maximum absolute atomic E-state index is 12.3. The van der Waals surface area contributed by atoms with Crippen molar-refractivity contribution in [1.82, 2.24) is 5.32 Å². The molecule has 0 spiro atoms. The normalized spacial score (nSPS) is 13.2. The van der Waals surface area contributed by atoms with Crippen LogP contribution in [0.2, 0.25) is 0 Å². The van der Waals surface area contributed by atoms with Crippen LogP contribution in [0.3, 0.4) is 0 Å². The van der Waals surface area contributed by atoms with Gasteiger partial charge in [0, 0.05) is 6.42 Å². The van der Waals surface area contributed by atoms with E-state index in [2.05, 4.69) is 31.3 Å². The molecule has 2 atom stereocenters. The van der Waals surface area contributed by atoms with Crippen LogP contribution in [0.1, 0.15) is 232 Å². The van der Waals surface area contributed by atoms with Crippen molar-refractivity contribution in [3.05, 3.63) is 24.3 Å². The number of allylic oxidation sites excluding steroid dienone is 3. The Morgan fingerprint density at radius 3 is 1.15 bits per heavy atom. The third kappa shape index (κ3) is 36.2. The number of aliphatic hydroxyl groups is 2. The molecule has 0 aromatic carbocycles. The smallest absolute Gasteiger partial charge is 0.220 e. The highest BCUT2D eigenvalue weighted by atomic mass is 16.3. The molecule has 4 heteroatoms. The van der Waals surface area contributed by atoms with Crippen molar-refractivity contribution in [1.29, 1.82) is 0 Å². The summed E-state index contributed by atoms with van der Waals surface area (Å²) in [4.78, 5) is 12.3. The van der Waals surface area contributed by atoms with E-state index in [4.69, 9.17) is 0 Å². The van der Waals surface area contributed by atoms with Gasteiger partial charge in [-0.1, -0.05) is 205 Å². The Balaban J connectivity index is 3.48. The fraction of sp³-hybridized carbons (Fsp3) is 0.886. The fourth-order valence-corrected chi connectivity index (χ4v) is 6.58. The summed E-state index contributed by atoms with van der Waals surface area (Å²) >= 11 is 0. The zero-order valence-electron chi connectivity index (χ0n) is 32.5. The summed E-state index contributed by atoms with van der Waals surface area (Å²) in [6, 6.07) is -0.618. The Bertz CT molecular complexity index is 691. The Hall–Kier alpha value is -1.13. The van der Waals surface area contributed by atoms with Gasteiger partial charge >= 0.3 is 0 Å². The van der Waals surface area contributed by atoms with Crippen molar-refractivity contribution < 1.29 is 15.0 Å². The molecule has 0 aliphatic carbocycles. The van der Waals surface area contributed by atoms with Gasteiger partial charge in [-0.25, -0.2) is 0 Å². The Morgan fingerprint density at radius 1 is 0.479 bits per heavy atom. The van der Waals surface area contributed by atoms with E-state index in [1.54, 1.807) is 6.08 Å². The molecule has 0 rings (SSSR count). The lowest BCUT2D eigenvalue weighted by atomic mass is 10.0. The molecule has 0 saturated carbocycles. The predicted molar refractivity (Wildman–Crippen MR) is 212 cm³/mol. The molecule has 0 aliphatic heterocycles. The highest BCUT2D eigenvalue weighted by Gasteiger charge is 2.17. The predicted octanol–water partition coefficient (Wildman–Crippen LogP) is 13.2. The number of amides is 1. The molecule has 0 fully saturated rings. The van der Waals surface area contributed by atoms with Crippen molar-refractivity contribution in [3.63, 3.8) is 0 Å². The molecule has 4 nitrogen and oxygen atoms in total. The van der Waals surface area contributed by atoms with Gasteiger partial charge < -0.3 is 15.5 Å². The summed E-state index contributed by atoms with van der Waals surface area (Å²) < 4.78 is 0. The minimum Gasteiger partial charge on any atom is -0.394 e. The average Bonchev–Trinajstić information content (AvgIpc) is 3.09. The molecule has 0 radical (unpaired) electrons. The van der Waals surface area contributed by atoms with Gasteiger partial charge in [0.05, 0.1) is 18.8 Å². The third-order valence-electron chi connectivity index (χ3n) is 9.93. The maximum atomic E-state index is 12.3. The first kappa shape index (κ1) is 46.9. The van der Waals surface area contributed by atoms with Crippen molar-refractivity contribution in [3.8, 4) is 0 Å². The number of nitrogens with one attached hydrogen (secondary N) is 1. The lowest BCUT2D eigenvalue weighted by Gasteiger charge is -2.20. The Kier molecular flexibility index (Phi) is 39.4. The minimum atomic E-state index is -0.835. The highest BCUT2D eigenvalue weighted by molar-refractivity contribution is 5.76. The summed E-state index contributed by atoms with van der Waals surface area (Å²) in [6.07, 6.45) is 51.5. The van der Waals surface area contributed by atoms with Crippen LogP contribution >= 0.6 is 0 Å². The molecule has 1 amide bonds. The van der Waals surface area contributed by atoms with E-state index < -0.39 is 12.1 Å². The van der Waals surface area contributed by atoms with Gasteiger partial charge in [-0.05, 0) is 44.9 Å². The van der Waals surface area contributed by atoms with Gasteiger partial charge in [0.2, 0.25) is 5.91 Å². The van der Waals surface area contributed by atoms with Crippen molar-refractivity contribution >= 4 is 5.91 Å². The van der Waals surface area contributed by atoms with Crippen LogP contribution in [-0.2, 0) is 4.79 Å². The van der Waals surface area contributed by atoms with E-state index >= 15 is 0 Å². The third-order valence-corrected chi connectivity index (χ3v) is 9.93. The Morgan fingerprint density at radius 2 is 0.792 bits per heavy atom. The van der Waals surface area contributed by atoms with Crippen LogP contribution in [-0.4, -0.2) is 34.9 Å². The zero-order chi connectivity index (χ0) is 35.0. The molecule has 284 valence electrons. The molecular weight excluding hydrogens is 590 g/mol. The van der Waals surface area contributed by atoms with Crippen molar-refractivity contribution in [2.24, 2.45) is 0 Å². The molecule has 48 heavy (non-hydrogen) atoms. The summed E-state index contributed by atoms with van der Waals surface area (Å²) in [5, 5.41) is 22.9. The van der Waals surface area contributed by atoms with Gasteiger partial charge in [-0.15, -0.1) is 0 Å². The van der Waals surface area contributed by atoms with E-state index in [0.717, 1.165) is 25.7 Å². The Labute approximate surface area is 300 Å². The monoisotopic (exact) mass is 676 g/mol. The second-order valence-electron chi connectivity index (χ2n) is 14.8. The van der Waals surface area contributed by atoms with Crippen molar-refractivity contribution in [2.75, 3.05) is 6.61 Å². The second-order valence-corrected chi connectivity index (χ2v) is 14.8. The van der Waals surface area contributed by atoms with E-state index in [9.17, 15) is 15.0 Å². The van der Waals surface area contributed by atoms with Gasteiger partial charge in [0.15, 0.2) is 0 Å². The summed E-state index contributed by atoms with van der Waals surface area (Å²) in [5.74, 6) is -0.0660. The van der Waals surface area contributed by atoms with Gasteiger partial charge in [0.1, 0.15) is 0 Å². The molecule has 0 aromatic heterocycles. The molecule has 0 bridgehead atoms. The van der Waals surface area contributed by atoms with E-state index in [0.29, 0.717) is 6.42 Å². The number of aliphatic hydroxyl groups excluding tert-OH is 2. The largest absolute Gasteiger partial charge is 0.394 e. The first-order chi connectivity index (χ1) is 23.7. The van der Waals surface area contributed by atoms with Gasteiger partial charge in [0.25, 0.3) is 0 Å². The van der Waals surface area contributed by atoms with Crippen LogP contribution < -0.4 is 5.32 Å². The summed E-state index contributed by atoms with van der Waals surface area (Å²) in [5.41, 5.74) is 0. The highest BCUT2D eigenvalue weighted by Crippen LogP contribution is 2.15. The molecule has 0 aliphatic rings. The van der Waals surface area contributed by atoms with Crippen LogP contribution in [0, 0.1) is 0 Å². The first-order valence-corrected chi connectivity index (χ1v) is 21.6.